The minimum absolute atomic E-state index is 0.229. The molecule has 2 N–H and O–H groups in total. The molecule has 1 nitrogen and oxygen atoms in total. The molecule has 0 fully saturated rings. The molecule has 0 amide bonds. The van der Waals surface area contributed by atoms with Crippen LogP contribution in [0.5, 0.6) is 0 Å². The standard InChI is InChI=1S/C13H11FN/c14-12-7-5-10(6-8-12)9-11-3-1-2-4-13(11)15/h1-9H,15H2. The Kier molecular flexibility index (Phi) is 2.68. The first kappa shape index (κ1) is 9.71. The topological polar surface area (TPSA) is 26.0 Å². The second-order valence-corrected chi connectivity index (χ2v) is 3.32. The normalized spacial score (nSPS) is 10.2. The monoisotopic (exact) mass is 200 g/mol. The summed E-state index contributed by atoms with van der Waals surface area (Å²) in [5, 5.41) is 0. The minimum atomic E-state index is -0.229. The molecule has 15 heavy (non-hydrogen) atoms. The van der Waals surface area contributed by atoms with Gasteiger partial charge in [-0.25, -0.2) is 4.39 Å². The highest BCUT2D eigenvalue weighted by Gasteiger charge is 2.00. The fourth-order valence-corrected chi connectivity index (χ4v) is 1.38. The predicted octanol–water partition coefficient (Wildman–Crippen LogP) is 3.01. The highest BCUT2D eigenvalue weighted by Crippen LogP contribution is 2.17. The summed E-state index contributed by atoms with van der Waals surface area (Å²) >= 11 is 0. The number of anilines is 1. The Bertz CT molecular complexity index is 448. The van der Waals surface area contributed by atoms with E-state index in [-0.39, 0.29) is 5.82 Å². The zero-order chi connectivity index (χ0) is 10.7. The third kappa shape index (κ3) is 2.34. The molecule has 1 radical (unpaired) electrons. The summed E-state index contributed by atoms with van der Waals surface area (Å²) in [4.78, 5) is 0. The fourth-order valence-electron chi connectivity index (χ4n) is 1.38. The van der Waals surface area contributed by atoms with Gasteiger partial charge in [-0.2, -0.15) is 0 Å². The van der Waals surface area contributed by atoms with Crippen LogP contribution in [0.4, 0.5) is 10.1 Å². The zero-order valence-corrected chi connectivity index (χ0v) is 8.15. The van der Waals surface area contributed by atoms with Gasteiger partial charge in [0.1, 0.15) is 5.82 Å². The number of benzene rings is 2. The summed E-state index contributed by atoms with van der Waals surface area (Å²) in [6, 6.07) is 13.9. The second-order valence-electron chi connectivity index (χ2n) is 3.32. The lowest BCUT2D eigenvalue weighted by molar-refractivity contribution is 0.627. The molecule has 0 aliphatic heterocycles. The molecule has 2 heteroatoms. The van der Waals surface area contributed by atoms with Crippen molar-refractivity contribution in [1.29, 1.82) is 0 Å². The Balaban J connectivity index is 2.22. The van der Waals surface area contributed by atoms with E-state index in [1.807, 2.05) is 30.7 Å². The van der Waals surface area contributed by atoms with Crippen LogP contribution < -0.4 is 5.73 Å². The molecule has 0 saturated carbocycles. The van der Waals surface area contributed by atoms with Crippen LogP contribution in [0.3, 0.4) is 0 Å². The Labute approximate surface area is 88.4 Å². The van der Waals surface area contributed by atoms with Gasteiger partial charge in [-0.15, -0.1) is 0 Å². The van der Waals surface area contributed by atoms with Crippen molar-refractivity contribution in [3.63, 3.8) is 0 Å². The molecule has 0 bridgehead atoms. The summed E-state index contributed by atoms with van der Waals surface area (Å²) in [5.74, 6) is -0.229. The molecule has 0 atom stereocenters. The molecule has 0 unspecified atom stereocenters. The summed E-state index contributed by atoms with van der Waals surface area (Å²) in [7, 11) is 0. The molecule has 0 spiro atoms. The summed E-state index contributed by atoms with van der Waals surface area (Å²) in [6.45, 7) is 0. The van der Waals surface area contributed by atoms with Gasteiger partial charge in [0.2, 0.25) is 0 Å². The van der Waals surface area contributed by atoms with Crippen molar-refractivity contribution >= 4 is 5.69 Å². The number of nitrogen functional groups attached to an aromatic ring is 1. The molecule has 0 aromatic heterocycles. The van der Waals surface area contributed by atoms with Crippen molar-refractivity contribution in [3.8, 4) is 0 Å². The van der Waals surface area contributed by atoms with Crippen molar-refractivity contribution < 1.29 is 4.39 Å². The van der Waals surface area contributed by atoms with E-state index in [2.05, 4.69) is 0 Å². The summed E-state index contributed by atoms with van der Waals surface area (Å²) < 4.78 is 12.7. The van der Waals surface area contributed by atoms with Crippen molar-refractivity contribution in [1.82, 2.24) is 0 Å². The molecule has 0 saturated heterocycles. The van der Waals surface area contributed by atoms with Gasteiger partial charge in [-0.1, -0.05) is 30.3 Å². The molecular weight excluding hydrogens is 189 g/mol. The van der Waals surface area contributed by atoms with Crippen molar-refractivity contribution in [2.24, 2.45) is 0 Å². The first-order chi connectivity index (χ1) is 7.25. The SMILES string of the molecule is Nc1ccccc1[CH]c1ccc(F)cc1. The van der Waals surface area contributed by atoms with E-state index in [1.165, 1.54) is 12.1 Å². The Morgan fingerprint density at radius 2 is 1.60 bits per heavy atom. The quantitative estimate of drug-likeness (QED) is 0.741. The molecule has 0 aliphatic rings. The van der Waals surface area contributed by atoms with Crippen LogP contribution in [0.15, 0.2) is 48.5 Å². The van der Waals surface area contributed by atoms with E-state index in [0.29, 0.717) is 0 Å². The van der Waals surface area contributed by atoms with Gasteiger partial charge in [0.25, 0.3) is 0 Å². The third-order valence-electron chi connectivity index (χ3n) is 2.19. The summed E-state index contributed by atoms with van der Waals surface area (Å²) in [6.07, 6.45) is 1.93. The van der Waals surface area contributed by atoms with Crippen LogP contribution in [-0.4, -0.2) is 0 Å². The van der Waals surface area contributed by atoms with E-state index >= 15 is 0 Å². The lowest BCUT2D eigenvalue weighted by Gasteiger charge is -2.04. The van der Waals surface area contributed by atoms with Gasteiger partial charge in [0.05, 0.1) is 0 Å². The van der Waals surface area contributed by atoms with Crippen LogP contribution in [-0.2, 0) is 0 Å². The molecule has 0 heterocycles. The number of rotatable bonds is 2. The fraction of sp³-hybridized carbons (Fsp3) is 0. The molecule has 2 aromatic rings. The Morgan fingerprint density at radius 1 is 0.933 bits per heavy atom. The largest absolute Gasteiger partial charge is 0.398 e. The van der Waals surface area contributed by atoms with E-state index < -0.39 is 0 Å². The van der Waals surface area contributed by atoms with Crippen LogP contribution >= 0.6 is 0 Å². The molecule has 0 aliphatic carbocycles. The van der Waals surface area contributed by atoms with Gasteiger partial charge in [0, 0.05) is 12.1 Å². The van der Waals surface area contributed by atoms with E-state index in [4.69, 9.17) is 5.73 Å². The van der Waals surface area contributed by atoms with Gasteiger partial charge in [-0.3, -0.25) is 0 Å². The number of hydrogen-bond acceptors (Lipinski definition) is 1. The zero-order valence-electron chi connectivity index (χ0n) is 8.15. The predicted molar refractivity (Wildman–Crippen MR) is 59.8 cm³/mol. The van der Waals surface area contributed by atoms with Crippen molar-refractivity contribution in [2.45, 2.75) is 0 Å². The van der Waals surface area contributed by atoms with E-state index in [1.54, 1.807) is 12.1 Å². The maximum Gasteiger partial charge on any atom is 0.123 e. The molecule has 2 aromatic carbocycles. The van der Waals surface area contributed by atoms with Gasteiger partial charge in [0.15, 0.2) is 0 Å². The van der Waals surface area contributed by atoms with Crippen molar-refractivity contribution in [3.05, 3.63) is 71.9 Å². The number of halogens is 1. The van der Waals surface area contributed by atoms with Crippen LogP contribution in [0.1, 0.15) is 11.1 Å². The highest BCUT2D eigenvalue weighted by atomic mass is 19.1. The highest BCUT2D eigenvalue weighted by molar-refractivity contribution is 5.54. The third-order valence-corrected chi connectivity index (χ3v) is 2.19. The van der Waals surface area contributed by atoms with Crippen molar-refractivity contribution in [2.75, 3.05) is 5.73 Å². The number of para-hydroxylation sites is 1. The van der Waals surface area contributed by atoms with Crippen LogP contribution in [0.25, 0.3) is 0 Å². The van der Waals surface area contributed by atoms with Crippen LogP contribution in [0, 0.1) is 12.2 Å². The van der Waals surface area contributed by atoms with Gasteiger partial charge in [-0.05, 0) is 29.3 Å². The first-order valence-corrected chi connectivity index (χ1v) is 4.70. The van der Waals surface area contributed by atoms with Gasteiger partial charge >= 0.3 is 0 Å². The average molecular weight is 200 g/mol. The lowest BCUT2D eigenvalue weighted by atomic mass is 10.0. The second kappa shape index (κ2) is 4.13. The van der Waals surface area contributed by atoms with E-state index in [9.17, 15) is 4.39 Å². The lowest BCUT2D eigenvalue weighted by Crippen LogP contribution is -1.93. The molecule has 75 valence electrons. The first-order valence-electron chi connectivity index (χ1n) is 4.70. The number of nitrogens with two attached hydrogens (primary N) is 1. The Hall–Kier alpha value is -1.83. The smallest absolute Gasteiger partial charge is 0.123 e. The molecule has 2 rings (SSSR count). The Morgan fingerprint density at radius 3 is 2.27 bits per heavy atom. The molecular formula is C13H11FN. The van der Waals surface area contributed by atoms with Crippen LogP contribution in [0.2, 0.25) is 0 Å². The van der Waals surface area contributed by atoms with E-state index in [0.717, 1.165) is 16.8 Å². The number of hydrogen-bond donors (Lipinski definition) is 1. The maximum atomic E-state index is 12.7. The summed E-state index contributed by atoms with van der Waals surface area (Å²) in [5.41, 5.74) is 8.40. The maximum absolute atomic E-state index is 12.7. The minimum Gasteiger partial charge on any atom is -0.398 e. The van der Waals surface area contributed by atoms with Gasteiger partial charge < -0.3 is 5.73 Å². The average Bonchev–Trinajstić information content (AvgIpc) is 2.25.